The van der Waals surface area contributed by atoms with Gasteiger partial charge in [-0.15, -0.1) is 13.2 Å². The molecule has 0 saturated carbocycles. The van der Waals surface area contributed by atoms with Gasteiger partial charge in [-0.05, 0) is 56.2 Å². The number of hydrogen-bond acceptors (Lipinski definition) is 7. The van der Waals surface area contributed by atoms with Crippen molar-refractivity contribution in [3.63, 3.8) is 0 Å². The predicted octanol–water partition coefficient (Wildman–Crippen LogP) is 5.44. The van der Waals surface area contributed by atoms with Gasteiger partial charge in [0.25, 0.3) is 5.91 Å². The zero-order chi connectivity index (χ0) is 36.0. The monoisotopic (exact) mass is 769 g/mol. The Morgan fingerprint density at radius 1 is 1.16 bits per heavy atom. The Morgan fingerprint density at radius 3 is 2.60 bits per heavy atom. The Kier molecular flexibility index (Phi) is 12.6. The minimum absolute atomic E-state index is 0.0169. The molecule has 3 heterocycles. The fourth-order valence-electron chi connectivity index (χ4n) is 7.66. The third-order valence-electron chi connectivity index (χ3n) is 9.88. The van der Waals surface area contributed by atoms with Crippen LogP contribution in [0.15, 0.2) is 73.8 Å². The quantitative estimate of drug-likeness (QED) is 0.0950. The van der Waals surface area contributed by atoms with E-state index in [0.717, 1.165) is 5.56 Å². The molecule has 0 aliphatic carbocycles. The molecular formula is C38H45BrClN3O7. The number of carbonyl (C=O) groups excluding carboxylic acids is 4. The molecule has 268 valence electrons. The number of likely N-dealkylation sites (tertiary alicyclic amines) is 1. The lowest BCUT2D eigenvalue weighted by Gasteiger charge is -2.37. The SMILES string of the molecule is C=CCCC(=O)NC[C@H](OC(=O)[C@H]1[C@@H]2O[C@@]3(CC2Br)[C@@H]1C(=O)N(CCCCCO)[C@@H]3C(=O)N(CC=C)c1c(C)cccc1Cl)c1ccccc1. The van der Waals surface area contributed by atoms with E-state index in [-0.39, 0.29) is 55.2 Å². The summed E-state index contributed by atoms with van der Waals surface area (Å²) in [6, 6.07) is 13.4. The Morgan fingerprint density at radius 2 is 1.92 bits per heavy atom. The summed E-state index contributed by atoms with van der Waals surface area (Å²) >= 11 is 10.4. The number of para-hydroxylation sites is 1. The smallest absolute Gasteiger partial charge is 0.313 e. The highest BCUT2D eigenvalue weighted by molar-refractivity contribution is 9.09. The van der Waals surface area contributed by atoms with Gasteiger partial charge in [0, 0.05) is 30.9 Å². The van der Waals surface area contributed by atoms with E-state index >= 15 is 0 Å². The lowest BCUT2D eigenvalue weighted by atomic mass is 9.70. The minimum atomic E-state index is -1.32. The fraction of sp³-hybridized carbons (Fsp3) is 0.474. The van der Waals surface area contributed by atoms with Crippen LogP contribution in [0.3, 0.4) is 0 Å². The fourth-order valence-corrected chi connectivity index (χ4v) is 8.93. The Hall–Kier alpha value is -3.51. The first-order chi connectivity index (χ1) is 24.1. The molecule has 50 heavy (non-hydrogen) atoms. The van der Waals surface area contributed by atoms with E-state index in [1.807, 2.05) is 49.4 Å². The molecule has 10 nitrogen and oxygen atoms in total. The minimum Gasteiger partial charge on any atom is -0.455 e. The van der Waals surface area contributed by atoms with Gasteiger partial charge in [0.05, 0.1) is 35.2 Å². The van der Waals surface area contributed by atoms with Crippen LogP contribution in [0.4, 0.5) is 5.69 Å². The number of anilines is 1. The molecule has 2 aromatic rings. The molecule has 1 unspecified atom stereocenters. The number of esters is 1. The summed E-state index contributed by atoms with van der Waals surface area (Å²) in [5.41, 5.74) is 0.668. The summed E-state index contributed by atoms with van der Waals surface area (Å²) in [5.74, 6) is -3.54. The summed E-state index contributed by atoms with van der Waals surface area (Å²) in [4.78, 5) is 59.1. The second kappa shape index (κ2) is 16.7. The summed E-state index contributed by atoms with van der Waals surface area (Å²) in [6.07, 6.45) is 4.56. The first-order valence-electron chi connectivity index (χ1n) is 17.1. The van der Waals surface area contributed by atoms with Crippen molar-refractivity contribution < 1.29 is 33.8 Å². The first kappa shape index (κ1) is 37.7. The largest absolute Gasteiger partial charge is 0.455 e. The molecule has 2 N–H and O–H groups in total. The summed E-state index contributed by atoms with van der Waals surface area (Å²) in [7, 11) is 0. The van der Waals surface area contributed by atoms with E-state index < -0.39 is 41.7 Å². The molecule has 3 aliphatic rings. The van der Waals surface area contributed by atoms with E-state index in [2.05, 4.69) is 34.4 Å². The number of fused-ring (bicyclic) bond motifs is 1. The molecule has 3 aliphatic heterocycles. The number of ether oxygens (including phenoxy) is 2. The van der Waals surface area contributed by atoms with Crippen molar-refractivity contribution in [2.45, 2.75) is 74.1 Å². The third-order valence-corrected chi connectivity index (χ3v) is 11.0. The number of rotatable bonds is 17. The highest BCUT2D eigenvalue weighted by atomic mass is 79.9. The maximum atomic E-state index is 14.9. The summed E-state index contributed by atoms with van der Waals surface area (Å²) in [6.45, 7) is 9.84. The Bertz CT molecular complexity index is 1570. The van der Waals surface area contributed by atoms with Gasteiger partial charge in [-0.25, -0.2) is 0 Å². The number of alkyl halides is 1. The number of nitrogens with zero attached hydrogens (tertiary/aromatic N) is 2. The van der Waals surface area contributed by atoms with E-state index in [1.54, 1.807) is 28.0 Å². The predicted molar refractivity (Wildman–Crippen MR) is 195 cm³/mol. The summed E-state index contributed by atoms with van der Waals surface area (Å²) < 4.78 is 12.9. The zero-order valence-electron chi connectivity index (χ0n) is 28.3. The Labute approximate surface area is 306 Å². The molecule has 3 fully saturated rings. The Balaban J connectivity index is 1.50. The summed E-state index contributed by atoms with van der Waals surface area (Å²) in [5, 5.41) is 12.6. The number of halogens is 2. The second-order valence-electron chi connectivity index (χ2n) is 13.1. The number of aliphatic hydroxyl groups excluding tert-OH is 1. The van der Waals surface area contributed by atoms with Gasteiger partial charge in [0.2, 0.25) is 11.8 Å². The van der Waals surface area contributed by atoms with Gasteiger partial charge in [-0.3, -0.25) is 19.2 Å². The van der Waals surface area contributed by atoms with Crippen molar-refractivity contribution >= 4 is 56.9 Å². The van der Waals surface area contributed by atoms with Crippen molar-refractivity contribution in [1.29, 1.82) is 0 Å². The van der Waals surface area contributed by atoms with Crippen LogP contribution in [0.2, 0.25) is 5.02 Å². The number of aliphatic hydroxyl groups is 1. The molecule has 12 heteroatoms. The number of carbonyl (C=O) groups is 4. The van der Waals surface area contributed by atoms with Gasteiger partial charge in [-0.1, -0.05) is 82.1 Å². The lowest BCUT2D eigenvalue weighted by molar-refractivity contribution is -0.160. The maximum Gasteiger partial charge on any atom is 0.313 e. The van der Waals surface area contributed by atoms with Crippen molar-refractivity contribution in [2.75, 3.05) is 31.1 Å². The molecule has 3 saturated heterocycles. The van der Waals surface area contributed by atoms with Crippen LogP contribution >= 0.6 is 27.5 Å². The number of amides is 3. The van der Waals surface area contributed by atoms with Crippen LogP contribution in [0, 0.1) is 18.8 Å². The second-order valence-corrected chi connectivity index (χ2v) is 14.7. The maximum absolute atomic E-state index is 14.9. The number of allylic oxidation sites excluding steroid dienone is 1. The third kappa shape index (κ3) is 7.42. The van der Waals surface area contributed by atoms with Gasteiger partial charge in [0.15, 0.2) is 0 Å². The topological polar surface area (TPSA) is 125 Å². The molecule has 3 amide bonds. The number of aryl methyl sites for hydroxylation is 1. The van der Waals surface area contributed by atoms with Crippen molar-refractivity contribution in [3.05, 3.63) is 90.0 Å². The zero-order valence-corrected chi connectivity index (χ0v) is 30.6. The number of hydrogen-bond donors (Lipinski definition) is 2. The van der Waals surface area contributed by atoms with Crippen LogP contribution < -0.4 is 10.2 Å². The van der Waals surface area contributed by atoms with Gasteiger partial charge >= 0.3 is 5.97 Å². The van der Waals surface area contributed by atoms with Gasteiger partial charge in [-0.2, -0.15) is 0 Å². The van der Waals surface area contributed by atoms with Gasteiger partial charge in [0.1, 0.15) is 17.7 Å². The molecule has 2 aromatic carbocycles. The lowest BCUT2D eigenvalue weighted by Crippen LogP contribution is -2.57. The highest BCUT2D eigenvalue weighted by Gasteiger charge is 2.77. The molecular weight excluding hydrogens is 726 g/mol. The first-order valence-corrected chi connectivity index (χ1v) is 18.4. The van der Waals surface area contributed by atoms with Crippen molar-refractivity contribution in [3.8, 4) is 0 Å². The molecule has 0 aromatic heterocycles. The van der Waals surface area contributed by atoms with Crippen molar-refractivity contribution in [2.24, 2.45) is 11.8 Å². The van der Waals surface area contributed by atoms with Crippen LogP contribution in [-0.4, -0.2) is 82.5 Å². The molecule has 0 radical (unpaired) electrons. The van der Waals surface area contributed by atoms with Crippen molar-refractivity contribution in [1.82, 2.24) is 10.2 Å². The van der Waals surface area contributed by atoms with Crippen LogP contribution in [0.1, 0.15) is 55.8 Å². The number of nitrogens with one attached hydrogen (secondary N) is 1. The molecule has 7 atom stereocenters. The van der Waals surface area contributed by atoms with E-state index in [1.165, 1.54) is 0 Å². The normalized spacial score (nSPS) is 25.6. The average Bonchev–Trinajstić information content (AvgIpc) is 3.70. The van der Waals surface area contributed by atoms with E-state index in [4.69, 9.17) is 21.1 Å². The van der Waals surface area contributed by atoms with E-state index in [0.29, 0.717) is 48.4 Å². The highest BCUT2D eigenvalue weighted by Crippen LogP contribution is 2.60. The molecule has 1 spiro atoms. The van der Waals surface area contributed by atoms with Crippen LogP contribution in [0.5, 0.6) is 0 Å². The average molecular weight is 771 g/mol. The number of unbranched alkanes of at least 4 members (excludes halogenated alkanes) is 2. The standard InChI is InChI=1S/C38H45BrClN3O7/c1-4-6-18-29(45)41-23-28(25-15-9-7-10-16-25)49-37(48)30-31-35(46)43(20-11-8-12-21-44)34(38(31)22-26(39)33(30)50-38)36(47)42(19-5-2)32-24(3)14-13-17-27(32)40/h4-5,7,9-10,13-17,26,28,30-31,33-34,44H,1-2,6,8,11-12,18-23H2,3H3,(H,41,45)/t26?,28-,30+,31-,33+,34+,38-/m0/s1. The van der Waals surface area contributed by atoms with E-state index in [9.17, 15) is 24.3 Å². The molecule has 2 bridgehead atoms. The molecule has 5 rings (SSSR count). The van der Waals surface area contributed by atoms with Crippen LogP contribution in [-0.2, 0) is 28.7 Å². The van der Waals surface area contributed by atoms with Crippen LogP contribution in [0.25, 0.3) is 0 Å². The number of benzene rings is 2. The van der Waals surface area contributed by atoms with Gasteiger partial charge < -0.3 is 29.7 Å².